The highest BCUT2D eigenvalue weighted by Crippen LogP contribution is 2.24. The van der Waals surface area contributed by atoms with Crippen molar-refractivity contribution in [2.45, 2.75) is 37.9 Å². The number of nitrogens with zero attached hydrogens (tertiary/aromatic N) is 3. The highest BCUT2D eigenvalue weighted by molar-refractivity contribution is 8.76. The molecule has 0 radical (unpaired) electrons. The van der Waals surface area contributed by atoms with Crippen molar-refractivity contribution in [3.63, 3.8) is 0 Å². The van der Waals surface area contributed by atoms with Crippen LogP contribution in [0.2, 0.25) is 0 Å². The van der Waals surface area contributed by atoms with Gasteiger partial charge in [0.15, 0.2) is 10.9 Å². The quantitative estimate of drug-likeness (QED) is 0.0558. The SMILES string of the molecule is CCCC/N=N/c1ccc([NH+]([O-])O)c(C(=O)NCCSSCCC(=O)ON2C(=O)CC(S(=O)(=O)O)C2=O)c1. The van der Waals surface area contributed by atoms with E-state index in [4.69, 9.17) is 4.55 Å². The Morgan fingerprint density at radius 3 is 2.63 bits per heavy atom. The molecule has 0 bridgehead atoms. The van der Waals surface area contributed by atoms with Gasteiger partial charge in [0, 0.05) is 24.1 Å². The van der Waals surface area contributed by atoms with Crippen molar-refractivity contribution < 1.29 is 47.4 Å². The van der Waals surface area contributed by atoms with Crippen molar-refractivity contribution in [1.82, 2.24) is 10.4 Å². The lowest BCUT2D eigenvalue weighted by atomic mass is 10.1. The predicted molar refractivity (Wildman–Crippen MR) is 136 cm³/mol. The highest BCUT2D eigenvalue weighted by atomic mass is 33.1. The van der Waals surface area contributed by atoms with Crippen LogP contribution in [0.5, 0.6) is 0 Å². The molecule has 18 heteroatoms. The second-order valence-corrected chi connectivity index (χ2v) is 12.0. The fraction of sp³-hybridized carbons (Fsp3) is 0.500. The molecule has 1 fully saturated rings. The van der Waals surface area contributed by atoms with Crippen LogP contribution >= 0.6 is 21.6 Å². The summed E-state index contributed by atoms with van der Waals surface area (Å²) in [6, 6.07) is 4.12. The third-order valence-corrected chi connectivity index (χ3v) is 8.33. The number of amides is 3. The van der Waals surface area contributed by atoms with Crippen molar-refractivity contribution in [2.24, 2.45) is 10.2 Å². The number of quaternary nitrogens is 1. The molecule has 0 aliphatic carbocycles. The van der Waals surface area contributed by atoms with E-state index in [1.807, 2.05) is 6.92 Å². The third kappa shape index (κ3) is 9.61. The Bertz CT molecular complexity index is 1160. The molecule has 2 rings (SSSR count). The van der Waals surface area contributed by atoms with Crippen molar-refractivity contribution >= 4 is 66.8 Å². The molecule has 3 amide bonds. The number of hydroxylamine groups is 2. The first-order valence-electron chi connectivity index (χ1n) is 11.3. The standard InChI is InChI=1S/C20H27N5O10S3/c1-2-3-7-22-23-13-4-5-15(25(30)31)14(11-13)19(28)21-8-10-37-36-9-6-18(27)35-24-17(26)12-16(20(24)29)38(32,33)34/h4-5,11,16,25,30H,2-3,6-10,12H2,1H3,(H,21,28)(H,32,33,34)/b23-22+. The number of rotatable bonds is 15. The summed E-state index contributed by atoms with van der Waals surface area (Å²) in [5.41, 5.74) is 0.138. The van der Waals surface area contributed by atoms with E-state index in [1.165, 1.54) is 39.8 Å². The van der Waals surface area contributed by atoms with E-state index in [0.29, 0.717) is 18.0 Å². The van der Waals surface area contributed by atoms with Crippen LogP contribution in [0.4, 0.5) is 11.4 Å². The number of carbonyl (C=O) groups is 4. The summed E-state index contributed by atoms with van der Waals surface area (Å²) >= 11 is 0. The second kappa shape index (κ2) is 15.1. The number of nitrogens with one attached hydrogen (secondary N) is 2. The fourth-order valence-corrected chi connectivity index (χ4v) is 5.51. The lowest BCUT2D eigenvalue weighted by molar-refractivity contribution is -0.991. The van der Waals surface area contributed by atoms with Crippen molar-refractivity contribution in [2.75, 3.05) is 24.6 Å². The first-order valence-corrected chi connectivity index (χ1v) is 15.3. The third-order valence-electron chi connectivity index (χ3n) is 4.83. The Morgan fingerprint density at radius 1 is 1.29 bits per heavy atom. The Kier molecular flexibility index (Phi) is 12.6. The Balaban J connectivity index is 1.73. The van der Waals surface area contributed by atoms with Crippen molar-refractivity contribution in [3.05, 3.63) is 29.0 Å². The molecule has 0 aromatic heterocycles. The maximum atomic E-state index is 12.5. The van der Waals surface area contributed by atoms with Gasteiger partial charge in [0.2, 0.25) is 0 Å². The van der Waals surface area contributed by atoms with Gasteiger partial charge in [-0.3, -0.25) is 18.9 Å². The monoisotopic (exact) mass is 593 g/mol. The van der Waals surface area contributed by atoms with Crippen LogP contribution in [0, 0.1) is 5.21 Å². The molecule has 2 atom stereocenters. The summed E-state index contributed by atoms with van der Waals surface area (Å²) in [6.07, 6.45) is 0.781. The van der Waals surface area contributed by atoms with E-state index in [-0.39, 0.29) is 35.0 Å². The van der Waals surface area contributed by atoms with Gasteiger partial charge in [-0.05, 0) is 18.6 Å². The Hall–Kier alpha value is -2.61. The number of azo groups is 1. The maximum Gasteiger partial charge on any atom is 0.334 e. The van der Waals surface area contributed by atoms with E-state index in [2.05, 4.69) is 20.4 Å². The van der Waals surface area contributed by atoms with E-state index in [1.54, 1.807) is 0 Å². The smallest absolute Gasteiger partial charge is 0.334 e. The molecule has 1 heterocycles. The van der Waals surface area contributed by atoms with Gasteiger partial charge in [0.25, 0.3) is 27.8 Å². The minimum Gasteiger partial charge on any atom is -0.595 e. The van der Waals surface area contributed by atoms with Crippen molar-refractivity contribution in [1.29, 1.82) is 0 Å². The van der Waals surface area contributed by atoms with Gasteiger partial charge in [0.1, 0.15) is 5.56 Å². The molecule has 4 N–H and O–H groups in total. The van der Waals surface area contributed by atoms with Crippen LogP contribution < -0.4 is 10.5 Å². The van der Waals surface area contributed by atoms with Crippen LogP contribution in [0.15, 0.2) is 28.4 Å². The summed E-state index contributed by atoms with van der Waals surface area (Å²) in [7, 11) is -2.27. The first-order chi connectivity index (χ1) is 18.0. The lowest BCUT2D eigenvalue weighted by Crippen LogP contribution is -2.99. The summed E-state index contributed by atoms with van der Waals surface area (Å²) in [5.74, 6) is -3.31. The highest BCUT2D eigenvalue weighted by Gasteiger charge is 2.48. The molecule has 1 saturated heterocycles. The zero-order valence-electron chi connectivity index (χ0n) is 20.2. The van der Waals surface area contributed by atoms with E-state index >= 15 is 0 Å². The van der Waals surface area contributed by atoms with Gasteiger partial charge in [-0.1, -0.05) is 34.9 Å². The second-order valence-electron chi connectivity index (χ2n) is 7.70. The number of benzene rings is 1. The number of unbranched alkanes of at least 4 members (excludes halogenated alkanes) is 1. The normalized spacial score (nSPS) is 16.7. The van der Waals surface area contributed by atoms with Gasteiger partial charge in [-0.2, -0.15) is 23.9 Å². The topological polar surface area (TPSA) is 220 Å². The van der Waals surface area contributed by atoms with Gasteiger partial charge in [-0.25, -0.2) is 10.0 Å². The first kappa shape index (κ1) is 31.6. The molecule has 38 heavy (non-hydrogen) atoms. The zero-order chi connectivity index (χ0) is 28.3. The molecule has 0 spiro atoms. The van der Waals surface area contributed by atoms with Gasteiger partial charge in [0.05, 0.1) is 25.1 Å². The molecule has 15 nitrogen and oxygen atoms in total. The molecular weight excluding hydrogens is 566 g/mol. The largest absolute Gasteiger partial charge is 0.595 e. The van der Waals surface area contributed by atoms with Crippen LogP contribution in [-0.2, 0) is 29.3 Å². The molecule has 210 valence electrons. The molecule has 1 aromatic carbocycles. The van der Waals surface area contributed by atoms with Crippen LogP contribution in [0.3, 0.4) is 0 Å². The molecule has 2 unspecified atom stereocenters. The van der Waals surface area contributed by atoms with Crippen LogP contribution in [-0.4, -0.2) is 76.8 Å². The van der Waals surface area contributed by atoms with E-state index < -0.39 is 50.7 Å². The summed E-state index contributed by atoms with van der Waals surface area (Å²) < 4.78 is 31.2. The summed E-state index contributed by atoms with van der Waals surface area (Å²) in [4.78, 5) is 52.6. The number of imide groups is 1. The summed E-state index contributed by atoms with van der Waals surface area (Å²) in [5, 5.41) is 28.3. The van der Waals surface area contributed by atoms with Crippen LogP contribution in [0.25, 0.3) is 0 Å². The van der Waals surface area contributed by atoms with Gasteiger partial charge >= 0.3 is 5.97 Å². The van der Waals surface area contributed by atoms with E-state index in [0.717, 1.165) is 12.8 Å². The molecule has 1 aliphatic rings. The average Bonchev–Trinajstić information content (AvgIpc) is 3.14. The Labute approximate surface area is 226 Å². The molecule has 0 saturated carbocycles. The van der Waals surface area contributed by atoms with E-state index in [9.17, 15) is 38.0 Å². The minimum absolute atomic E-state index is 0.0427. The fourth-order valence-electron chi connectivity index (χ4n) is 2.93. The lowest BCUT2D eigenvalue weighted by Gasteiger charge is -2.15. The average molecular weight is 594 g/mol. The number of carbonyl (C=O) groups excluding carboxylic acids is 4. The van der Waals surface area contributed by atoms with Gasteiger partial charge < -0.3 is 15.4 Å². The maximum absolute atomic E-state index is 12.5. The predicted octanol–water partition coefficient (Wildman–Crippen LogP) is 0.949. The summed E-state index contributed by atoms with van der Waals surface area (Å²) in [6.45, 7) is 2.72. The molecule has 1 aliphatic heterocycles. The van der Waals surface area contributed by atoms with Gasteiger partial charge in [-0.15, -0.1) is 5.06 Å². The Morgan fingerprint density at radius 2 is 2.00 bits per heavy atom. The zero-order valence-corrected chi connectivity index (χ0v) is 22.6. The van der Waals surface area contributed by atoms with Crippen LogP contribution in [0.1, 0.15) is 43.0 Å². The number of hydrogen-bond donors (Lipinski definition) is 4. The van der Waals surface area contributed by atoms with Crippen molar-refractivity contribution in [3.8, 4) is 0 Å². The number of hydrogen-bond acceptors (Lipinski definition) is 13. The minimum atomic E-state index is -4.80. The molecular formula is C20H27N5O10S3. The molecule has 1 aromatic rings.